The topological polar surface area (TPSA) is 89.6 Å². The van der Waals surface area contributed by atoms with Crippen molar-refractivity contribution in [3.8, 4) is 11.5 Å². The van der Waals surface area contributed by atoms with Gasteiger partial charge >= 0.3 is 0 Å². The Morgan fingerprint density at radius 2 is 1.94 bits per heavy atom. The summed E-state index contributed by atoms with van der Waals surface area (Å²) in [5.74, 6) is 1.30. The predicted molar refractivity (Wildman–Crippen MR) is 119 cm³/mol. The Balaban J connectivity index is 1.59. The van der Waals surface area contributed by atoms with Crippen molar-refractivity contribution in [2.75, 3.05) is 12.1 Å². The van der Waals surface area contributed by atoms with Crippen molar-refractivity contribution >= 4 is 17.5 Å². The van der Waals surface area contributed by atoms with Gasteiger partial charge in [-0.05, 0) is 55.5 Å². The molecule has 1 amide bonds. The van der Waals surface area contributed by atoms with E-state index >= 15 is 0 Å². The molecule has 0 fully saturated rings. The Morgan fingerprint density at radius 1 is 1.12 bits per heavy atom. The number of aromatic nitrogens is 1. The van der Waals surface area contributed by atoms with Gasteiger partial charge in [-0.2, -0.15) is 0 Å². The normalized spacial score (nSPS) is 21.9. The van der Waals surface area contributed by atoms with Gasteiger partial charge in [0.25, 0.3) is 5.91 Å². The summed E-state index contributed by atoms with van der Waals surface area (Å²) in [5, 5.41) is 6.26. The lowest BCUT2D eigenvalue weighted by atomic mass is 9.73. The number of allylic oxidation sites excluding steroid dienone is 3. The van der Waals surface area contributed by atoms with Crippen LogP contribution in [-0.2, 0) is 9.59 Å². The van der Waals surface area contributed by atoms with Crippen molar-refractivity contribution in [3.05, 3.63) is 70.2 Å². The number of ketones is 1. The van der Waals surface area contributed by atoms with Gasteiger partial charge in [0.15, 0.2) is 17.3 Å². The fraction of sp³-hybridized carbons (Fsp3) is 0.320. The van der Waals surface area contributed by atoms with E-state index < -0.39 is 5.92 Å². The van der Waals surface area contributed by atoms with Gasteiger partial charge in [0, 0.05) is 41.1 Å². The van der Waals surface area contributed by atoms with Gasteiger partial charge in [-0.15, -0.1) is 0 Å². The summed E-state index contributed by atoms with van der Waals surface area (Å²) in [7, 11) is 0. The van der Waals surface area contributed by atoms with Gasteiger partial charge in [0.05, 0.1) is 0 Å². The molecule has 1 aromatic heterocycles. The molecule has 0 saturated carbocycles. The number of fused-ring (bicyclic) bond motifs is 1. The number of dihydropyridines is 1. The summed E-state index contributed by atoms with van der Waals surface area (Å²) in [6.45, 7) is 6.06. The van der Waals surface area contributed by atoms with E-state index in [2.05, 4.69) is 22.5 Å². The summed E-state index contributed by atoms with van der Waals surface area (Å²) in [6, 6.07) is 9.28. The second-order valence-corrected chi connectivity index (χ2v) is 8.71. The largest absolute Gasteiger partial charge is 0.454 e. The number of Topliss-reactive ketones (excluding diaryl/α,β-unsaturated/α-hetero) is 1. The number of benzene rings is 1. The summed E-state index contributed by atoms with van der Waals surface area (Å²) >= 11 is 0. The standard InChI is InChI=1S/C25H25N3O4/c1-13-4-7-21(26-11-13)28-25(30)22-15(3)27-17-8-14(2)9-18(29)24(17)23(22)16-5-6-19-20(10-16)32-12-31-19/h4-7,10-11,14,23,27H,8-9,12H2,1-3H3,(H,26,28,30)/t14-,23-/m1/s1. The third-order valence-corrected chi connectivity index (χ3v) is 6.16. The number of rotatable bonds is 3. The van der Waals surface area contributed by atoms with Crippen LogP contribution in [0.5, 0.6) is 11.5 Å². The first kappa shape index (κ1) is 20.3. The van der Waals surface area contributed by atoms with Crippen molar-refractivity contribution in [2.45, 2.75) is 39.5 Å². The van der Waals surface area contributed by atoms with Gasteiger partial charge in [-0.25, -0.2) is 4.98 Å². The molecule has 0 radical (unpaired) electrons. The van der Waals surface area contributed by atoms with E-state index in [0.29, 0.717) is 34.9 Å². The molecule has 0 spiro atoms. The van der Waals surface area contributed by atoms with E-state index in [4.69, 9.17) is 9.47 Å². The van der Waals surface area contributed by atoms with Gasteiger partial charge < -0.3 is 20.1 Å². The maximum absolute atomic E-state index is 13.5. The van der Waals surface area contributed by atoms with Crippen LogP contribution >= 0.6 is 0 Å². The van der Waals surface area contributed by atoms with Crippen molar-refractivity contribution in [1.29, 1.82) is 0 Å². The highest BCUT2D eigenvalue weighted by atomic mass is 16.7. The minimum absolute atomic E-state index is 0.0696. The minimum Gasteiger partial charge on any atom is -0.454 e. The summed E-state index contributed by atoms with van der Waals surface area (Å²) < 4.78 is 11.0. The SMILES string of the molecule is CC1=C(C(=O)Nc2ccc(C)cn2)[C@@H](c2ccc3c(c2)OCO3)C2=C(C[C@@H](C)CC2=O)N1. The highest BCUT2D eigenvalue weighted by Gasteiger charge is 2.40. The molecule has 0 bridgehead atoms. The average molecular weight is 431 g/mol. The second kappa shape index (κ2) is 7.82. The van der Waals surface area contributed by atoms with Crippen molar-refractivity contribution in [2.24, 2.45) is 5.92 Å². The van der Waals surface area contributed by atoms with Crippen LogP contribution < -0.4 is 20.1 Å². The number of hydrogen-bond acceptors (Lipinski definition) is 6. The number of carbonyl (C=O) groups is 2. The number of carbonyl (C=O) groups excluding carboxylic acids is 2. The van der Waals surface area contributed by atoms with E-state index in [1.807, 2.05) is 38.1 Å². The maximum atomic E-state index is 13.5. The molecule has 5 rings (SSSR count). The molecule has 3 heterocycles. The summed E-state index contributed by atoms with van der Waals surface area (Å²) in [4.78, 5) is 31.0. The fourth-order valence-corrected chi connectivity index (χ4v) is 4.69. The Kier molecular flexibility index (Phi) is 4.96. The van der Waals surface area contributed by atoms with Crippen LogP contribution in [0.15, 0.2) is 59.1 Å². The van der Waals surface area contributed by atoms with Gasteiger partial charge in [-0.3, -0.25) is 9.59 Å². The van der Waals surface area contributed by atoms with Crippen molar-refractivity contribution in [3.63, 3.8) is 0 Å². The molecule has 32 heavy (non-hydrogen) atoms. The number of ether oxygens (including phenoxy) is 2. The summed E-state index contributed by atoms with van der Waals surface area (Å²) in [6.07, 6.45) is 2.95. The third kappa shape index (κ3) is 3.53. The van der Waals surface area contributed by atoms with Crippen molar-refractivity contribution in [1.82, 2.24) is 10.3 Å². The van der Waals surface area contributed by atoms with Crippen LogP contribution in [0.2, 0.25) is 0 Å². The molecule has 2 atom stereocenters. The molecule has 7 heteroatoms. The predicted octanol–water partition coefficient (Wildman–Crippen LogP) is 3.97. The van der Waals surface area contributed by atoms with Crippen LogP contribution in [0.4, 0.5) is 5.82 Å². The first-order chi connectivity index (χ1) is 15.4. The molecule has 0 unspecified atom stereocenters. The molecular weight excluding hydrogens is 406 g/mol. The van der Waals surface area contributed by atoms with Crippen LogP contribution in [0.3, 0.4) is 0 Å². The smallest absolute Gasteiger partial charge is 0.255 e. The van der Waals surface area contributed by atoms with Crippen LogP contribution in [0.25, 0.3) is 0 Å². The number of amides is 1. The van der Waals surface area contributed by atoms with E-state index in [1.165, 1.54) is 0 Å². The number of pyridine rings is 1. The number of nitrogens with zero attached hydrogens (tertiary/aromatic N) is 1. The molecule has 2 aromatic rings. The molecule has 164 valence electrons. The number of hydrogen-bond donors (Lipinski definition) is 2. The van der Waals surface area contributed by atoms with E-state index in [-0.39, 0.29) is 24.4 Å². The zero-order chi connectivity index (χ0) is 22.4. The lowest BCUT2D eigenvalue weighted by Crippen LogP contribution is -2.37. The van der Waals surface area contributed by atoms with Crippen LogP contribution in [0.1, 0.15) is 43.7 Å². The minimum atomic E-state index is -0.494. The molecule has 1 aromatic carbocycles. The first-order valence-corrected chi connectivity index (χ1v) is 10.8. The van der Waals surface area contributed by atoms with Gasteiger partial charge in [0.1, 0.15) is 5.82 Å². The third-order valence-electron chi connectivity index (χ3n) is 6.16. The van der Waals surface area contributed by atoms with Gasteiger partial charge in [0.2, 0.25) is 6.79 Å². The monoisotopic (exact) mass is 431 g/mol. The molecule has 3 aliphatic rings. The number of nitrogens with one attached hydrogen (secondary N) is 2. The van der Waals surface area contributed by atoms with Crippen molar-refractivity contribution < 1.29 is 19.1 Å². The first-order valence-electron chi connectivity index (χ1n) is 10.8. The maximum Gasteiger partial charge on any atom is 0.255 e. The number of anilines is 1. The Bertz CT molecular complexity index is 1180. The van der Waals surface area contributed by atoms with Crippen LogP contribution in [-0.4, -0.2) is 23.5 Å². The number of aryl methyl sites for hydroxylation is 1. The quantitative estimate of drug-likeness (QED) is 0.764. The zero-order valence-electron chi connectivity index (χ0n) is 18.3. The Labute approximate surface area is 186 Å². The van der Waals surface area contributed by atoms with E-state index in [9.17, 15) is 9.59 Å². The lowest BCUT2D eigenvalue weighted by Gasteiger charge is -2.36. The highest BCUT2D eigenvalue weighted by Crippen LogP contribution is 2.45. The second-order valence-electron chi connectivity index (χ2n) is 8.71. The fourth-order valence-electron chi connectivity index (χ4n) is 4.69. The average Bonchev–Trinajstić information content (AvgIpc) is 3.22. The highest BCUT2D eigenvalue weighted by molar-refractivity contribution is 6.09. The lowest BCUT2D eigenvalue weighted by molar-refractivity contribution is -0.117. The zero-order valence-corrected chi connectivity index (χ0v) is 18.3. The summed E-state index contributed by atoms with van der Waals surface area (Å²) in [5.41, 5.74) is 4.64. The Morgan fingerprint density at radius 3 is 2.72 bits per heavy atom. The van der Waals surface area contributed by atoms with E-state index in [1.54, 1.807) is 12.3 Å². The van der Waals surface area contributed by atoms with E-state index in [0.717, 1.165) is 28.9 Å². The molecule has 2 N–H and O–H groups in total. The van der Waals surface area contributed by atoms with Gasteiger partial charge in [-0.1, -0.05) is 19.1 Å². The molecule has 7 nitrogen and oxygen atoms in total. The molecule has 1 aliphatic carbocycles. The molecule has 0 saturated heterocycles. The molecular formula is C25H25N3O4. The van der Waals surface area contributed by atoms with Crippen LogP contribution in [0, 0.1) is 12.8 Å². The Hall–Kier alpha value is -3.61. The molecule has 2 aliphatic heterocycles.